The Hall–Kier alpha value is -2.85. The summed E-state index contributed by atoms with van der Waals surface area (Å²) >= 11 is 2.91. The van der Waals surface area contributed by atoms with Crippen molar-refractivity contribution in [2.75, 3.05) is 11.1 Å². The molecule has 0 saturated carbocycles. The Labute approximate surface area is 179 Å². The molecular formula is C20H19N5O3S2. The summed E-state index contributed by atoms with van der Waals surface area (Å²) < 4.78 is 5.76. The van der Waals surface area contributed by atoms with Crippen LogP contribution in [0, 0.1) is 5.92 Å². The van der Waals surface area contributed by atoms with E-state index in [1.54, 1.807) is 29.5 Å². The molecule has 0 fully saturated rings. The molecule has 4 aromatic rings. The molecule has 3 aromatic heterocycles. The summed E-state index contributed by atoms with van der Waals surface area (Å²) in [6, 6.07) is 7.34. The largest absolute Gasteiger partial charge is 0.410 e. The van der Waals surface area contributed by atoms with Crippen molar-refractivity contribution in [2.45, 2.75) is 31.4 Å². The fourth-order valence-corrected chi connectivity index (χ4v) is 5.31. The number of nitrogens with zero attached hydrogens (tertiary/aromatic N) is 2. The number of benzene rings is 1. The van der Waals surface area contributed by atoms with Crippen LogP contribution in [0.25, 0.3) is 21.8 Å². The molecule has 0 aliphatic heterocycles. The number of fused-ring (bicyclic) bond motifs is 2. The van der Waals surface area contributed by atoms with Crippen LogP contribution in [0.4, 0.5) is 5.69 Å². The molecule has 1 amide bonds. The first-order chi connectivity index (χ1) is 14.5. The molecule has 154 valence electrons. The fourth-order valence-electron chi connectivity index (χ4n) is 3.61. The van der Waals surface area contributed by atoms with Crippen molar-refractivity contribution in [2.24, 2.45) is 5.92 Å². The summed E-state index contributed by atoms with van der Waals surface area (Å²) in [5.41, 5.74) is 3.04. The van der Waals surface area contributed by atoms with Gasteiger partial charge in [0.2, 0.25) is 5.91 Å². The van der Waals surface area contributed by atoms with Gasteiger partial charge in [0.25, 0.3) is 11.1 Å². The highest BCUT2D eigenvalue weighted by molar-refractivity contribution is 7.99. The van der Waals surface area contributed by atoms with E-state index in [-0.39, 0.29) is 17.3 Å². The number of hydrogen-bond donors (Lipinski definition) is 3. The van der Waals surface area contributed by atoms with Crippen molar-refractivity contribution < 1.29 is 9.21 Å². The van der Waals surface area contributed by atoms with Gasteiger partial charge in [0.15, 0.2) is 0 Å². The number of amides is 1. The lowest BCUT2D eigenvalue weighted by atomic mass is 9.90. The lowest BCUT2D eigenvalue weighted by Gasteiger charge is -2.16. The van der Waals surface area contributed by atoms with Gasteiger partial charge in [-0.15, -0.1) is 21.5 Å². The molecule has 10 heteroatoms. The number of imidazole rings is 1. The summed E-state index contributed by atoms with van der Waals surface area (Å²) in [6.07, 6.45) is 3.43. The number of thioether (sulfide) groups is 1. The third-order valence-electron chi connectivity index (χ3n) is 5.07. The zero-order valence-corrected chi connectivity index (χ0v) is 17.8. The van der Waals surface area contributed by atoms with E-state index in [2.05, 4.69) is 38.5 Å². The number of aryl methyl sites for hydroxylation is 1. The highest BCUT2D eigenvalue weighted by Crippen LogP contribution is 2.37. The maximum Gasteiger partial charge on any atom is 0.323 e. The number of rotatable bonds is 5. The minimum absolute atomic E-state index is 0.141. The van der Waals surface area contributed by atoms with Crippen LogP contribution in [0.3, 0.4) is 0 Å². The van der Waals surface area contributed by atoms with Crippen LogP contribution in [0.2, 0.25) is 0 Å². The predicted octanol–water partition coefficient (Wildman–Crippen LogP) is 3.82. The Morgan fingerprint density at radius 1 is 1.30 bits per heavy atom. The van der Waals surface area contributed by atoms with Gasteiger partial charge in [-0.3, -0.25) is 4.79 Å². The van der Waals surface area contributed by atoms with Gasteiger partial charge < -0.3 is 19.7 Å². The number of aromatic amines is 2. The predicted molar refractivity (Wildman–Crippen MR) is 117 cm³/mol. The van der Waals surface area contributed by atoms with Gasteiger partial charge in [-0.1, -0.05) is 18.7 Å². The minimum Gasteiger partial charge on any atom is -0.410 e. The molecule has 1 aromatic carbocycles. The zero-order chi connectivity index (χ0) is 20.7. The Kier molecular flexibility index (Phi) is 4.95. The van der Waals surface area contributed by atoms with E-state index in [0.717, 1.165) is 17.7 Å². The molecule has 5 rings (SSSR count). The van der Waals surface area contributed by atoms with Gasteiger partial charge in [-0.2, -0.15) is 0 Å². The van der Waals surface area contributed by atoms with E-state index >= 15 is 0 Å². The third-order valence-corrected chi connectivity index (χ3v) is 7.12. The van der Waals surface area contributed by atoms with E-state index in [4.69, 9.17) is 4.42 Å². The molecule has 1 atom stereocenters. The summed E-state index contributed by atoms with van der Waals surface area (Å²) in [7, 11) is 0. The SMILES string of the molecule is CC1CCc2sc(-c3nnc(SCC(=O)Nc4ccc5[nH]c(=O)[nH]c5c4)o3)cc2C1. The monoisotopic (exact) mass is 441 g/mol. The van der Waals surface area contributed by atoms with E-state index in [0.29, 0.717) is 33.8 Å². The zero-order valence-electron chi connectivity index (χ0n) is 16.2. The van der Waals surface area contributed by atoms with Crippen LogP contribution in [0.5, 0.6) is 0 Å². The van der Waals surface area contributed by atoms with Gasteiger partial charge in [-0.05, 0) is 55.0 Å². The number of nitrogens with one attached hydrogen (secondary N) is 3. The lowest BCUT2D eigenvalue weighted by molar-refractivity contribution is -0.113. The molecule has 0 bridgehead atoms. The van der Waals surface area contributed by atoms with Crippen LogP contribution in [-0.4, -0.2) is 31.8 Å². The van der Waals surface area contributed by atoms with Crippen molar-refractivity contribution in [3.05, 3.63) is 45.2 Å². The van der Waals surface area contributed by atoms with Gasteiger partial charge >= 0.3 is 5.69 Å². The van der Waals surface area contributed by atoms with Crippen molar-refractivity contribution in [1.82, 2.24) is 20.2 Å². The van der Waals surface area contributed by atoms with Crippen molar-refractivity contribution in [1.29, 1.82) is 0 Å². The highest BCUT2D eigenvalue weighted by atomic mass is 32.2. The second-order valence-electron chi connectivity index (χ2n) is 7.46. The molecular weight excluding hydrogens is 422 g/mol. The highest BCUT2D eigenvalue weighted by Gasteiger charge is 2.21. The molecule has 8 nitrogen and oxygen atoms in total. The average Bonchev–Trinajstić information content (AvgIpc) is 3.42. The Bertz CT molecular complexity index is 1290. The van der Waals surface area contributed by atoms with Crippen LogP contribution in [0.1, 0.15) is 23.8 Å². The van der Waals surface area contributed by atoms with Gasteiger partial charge in [-0.25, -0.2) is 4.79 Å². The van der Waals surface area contributed by atoms with E-state index in [9.17, 15) is 9.59 Å². The van der Waals surface area contributed by atoms with E-state index in [1.807, 2.05) is 0 Å². The average molecular weight is 442 g/mol. The van der Waals surface area contributed by atoms with Crippen LogP contribution < -0.4 is 11.0 Å². The van der Waals surface area contributed by atoms with Crippen LogP contribution in [-0.2, 0) is 17.6 Å². The van der Waals surface area contributed by atoms with Crippen molar-refractivity contribution in [3.63, 3.8) is 0 Å². The topological polar surface area (TPSA) is 117 Å². The Morgan fingerprint density at radius 3 is 3.07 bits per heavy atom. The first kappa shape index (κ1) is 19.1. The molecule has 0 radical (unpaired) electrons. The van der Waals surface area contributed by atoms with Gasteiger partial charge in [0.1, 0.15) is 0 Å². The van der Waals surface area contributed by atoms with Crippen LogP contribution >= 0.6 is 23.1 Å². The number of carbonyl (C=O) groups is 1. The first-order valence-corrected chi connectivity index (χ1v) is 11.4. The molecule has 3 N–H and O–H groups in total. The molecule has 0 spiro atoms. The number of hydrogen-bond acceptors (Lipinski definition) is 7. The molecule has 0 saturated heterocycles. The second-order valence-corrected chi connectivity index (χ2v) is 9.52. The normalized spacial score (nSPS) is 16.0. The second kappa shape index (κ2) is 7.77. The van der Waals surface area contributed by atoms with E-state index in [1.165, 1.54) is 28.6 Å². The standard InChI is InChI=1S/C20H19N5O3S2/c1-10-2-5-15-11(6-10)7-16(30-15)18-24-25-20(28-18)29-9-17(26)21-12-3-4-13-14(8-12)23-19(27)22-13/h3-4,7-8,10H,2,5-6,9H2,1H3,(H,21,26)(H2,22,23,27). The fraction of sp³-hybridized carbons (Fsp3) is 0.300. The summed E-state index contributed by atoms with van der Waals surface area (Å²) in [4.78, 5) is 31.3. The molecule has 1 unspecified atom stereocenters. The summed E-state index contributed by atoms with van der Waals surface area (Å²) in [5, 5.41) is 11.4. The number of anilines is 1. The first-order valence-electron chi connectivity index (χ1n) is 9.63. The lowest BCUT2D eigenvalue weighted by Crippen LogP contribution is -2.13. The molecule has 30 heavy (non-hydrogen) atoms. The van der Waals surface area contributed by atoms with Crippen molar-refractivity contribution in [3.8, 4) is 10.8 Å². The Balaban J connectivity index is 1.21. The summed E-state index contributed by atoms with van der Waals surface area (Å²) in [5.74, 6) is 1.16. The van der Waals surface area contributed by atoms with E-state index < -0.39 is 0 Å². The van der Waals surface area contributed by atoms with Crippen LogP contribution in [0.15, 0.2) is 38.7 Å². The minimum atomic E-state index is -0.280. The van der Waals surface area contributed by atoms with Gasteiger partial charge in [0.05, 0.1) is 21.7 Å². The Morgan fingerprint density at radius 2 is 2.17 bits per heavy atom. The third kappa shape index (κ3) is 3.92. The van der Waals surface area contributed by atoms with Gasteiger partial charge in [0, 0.05) is 10.6 Å². The maximum absolute atomic E-state index is 12.3. The smallest absolute Gasteiger partial charge is 0.323 e. The summed E-state index contributed by atoms with van der Waals surface area (Å²) in [6.45, 7) is 2.28. The molecule has 1 aliphatic carbocycles. The number of carbonyl (C=O) groups excluding carboxylic acids is 1. The molecule has 3 heterocycles. The quantitative estimate of drug-likeness (QED) is 0.405. The number of H-pyrrole nitrogens is 2. The van der Waals surface area contributed by atoms with Crippen molar-refractivity contribution >= 4 is 45.7 Å². The maximum atomic E-state index is 12.3. The number of thiophene rings is 1. The molecule has 1 aliphatic rings. The number of aromatic nitrogens is 4.